The standard InChI is InChI=1S/C30H37NO14/c32-24-2-3-25(33)31(24)45-27(35)6-7-36-9-10-37-11-12-38-13-14-39-15-16-40-17-18-41-19-20-43-30-28-23(5-8-42-28)21-22-1-4-26(34)44-29(22)30/h1,4-5,8,21H,2-3,6-7,9-20H2. The smallest absolute Gasteiger partial charge is 0.336 e. The first-order valence-corrected chi connectivity index (χ1v) is 14.6. The minimum absolute atomic E-state index is 0.0539. The van der Waals surface area contributed by atoms with Gasteiger partial charge in [0.05, 0.1) is 92.0 Å². The number of carbonyl (C=O) groups is 3. The highest BCUT2D eigenvalue weighted by atomic mass is 16.7. The fourth-order valence-corrected chi connectivity index (χ4v) is 4.10. The van der Waals surface area contributed by atoms with Crippen molar-refractivity contribution in [3.63, 3.8) is 0 Å². The van der Waals surface area contributed by atoms with E-state index in [4.69, 9.17) is 46.8 Å². The van der Waals surface area contributed by atoms with Crippen molar-refractivity contribution in [1.29, 1.82) is 0 Å². The number of hydrogen-bond donors (Lipinski definition) is 0. The van der Waals surface area contributed by atoms with Gasteiger partial charge in [-0.05, 0) is 18.2 Å². The molecule has 0 atom stereocenters. The van der Waals surface area contributed by atoms with E-state index in [1.807, 2.05) is 12.1 Å². The first kappa shape index (κ1) is 34.0. The summed E-state index contributed by atoms with van der Waals surface area (Å²) in [6.07, 6.45) is 1.58. The van der Waals surface area contributed by atoms with Gasteiger partial charge < -0.3 is 46.8 Å². The van der Waals surface area contributed by atoms with Gasteiger partial charge >= 0.3 is 11.6 Å². The number of imide groups is 1. The van der Waals surface area contributed by atoms with Gasteiger partial charge in [0.15, 0.2) is 11.2 Å². The Labute approximate surface area is 258 Å². The number of rotatable bonds is 23. The summed E-state index contributed by atoms with van der Waals surface area (Å²) in [4.78, 5) is 50.9. The quantitative estimate of drug-likeness (QED) is 0.0841. The van der Waals surface area contributed by atoms with Crippen molar-refractivity contribution < 1.29 is 61.2 Å². The number of carbonyl (C=O) groups excluding carboxylic acids is 3. The summed E-state index contributed by atoms with van der Waals surface area (Å²) >= 11 is 0. The maximum Gasteiger partial charge on any atom is 0.336 e. The monoisotopic (exact) mass is 635 g/mol. The second-order valence-corrected chi connectivity index (χ2v) is 9.54. The minimum atomic E-state index is -0.706. The SMILES string of the molecule is O=C(CCOCCOCCOCCOCCOCCOCCOc1c2occc2cc2ccc(=O)oc12)ON1C(=O)CCC1=O. The third-order valence-corrected chi connectivity index (χ3v) is 6.27. The van der Waals surface area contributed by atoms with E-state index >= 15 is 0 Å². The lowest BCUT2D eigenvalue weighted by Gasteiger charge is -2.12. The molecule has 1 aliphatic rings. The molecule has 1 saturated heterocycles. The lowest BCUT2D eigenvalue weighted by Crippen LogP contribution is -2.32. The summed E-state index contributed by atoms with van der Waals surface area (Å²) < 4.78 is 49.2. The zero-order valence-electron chi connectivity index (χ0n) is 24.9. The maximum atomic E-state index is 11.7. The van der Waals surface area contributed by atoms with Gasteiger partial charge in [0.2, 0.25) is 5.75 Å². The van der Waals surface area contributed by atoms with Gasteiger partial charge in [0.25, 0.3) is 11.8 Å². The van der Waals surface area contributed by atoms with E-state index in [0.29, 0.717) is 88.0 Å². The highest BCUT2D eigenvalue weighted by Gasteiger charge is 2.32. The Balaban J connectivity index is 0.888. The molecule has 0 N–H and O–H groups in total. The number of ether oxygens (including phenoxy) is 7. The van der Waals surface area contributed by atoms with Crippen LogP contribution in [0, 0.1) is 0 Å². The summed E-state index contributed by atoms with van der Waals surface area (Å²) in [5.74, 6) is -1.37. The third-order valence-electron chi connectivity index (χ3n) is 6.27. The molecule has 1 aromatic carbocycles. The van der Waals surface area contributed by atoms with E-state index in [2.05, 4.69) is 0 Å². The van der Waals surface area contributed by atoms with Crippen LogP contribution >= 0.6 is 0 Å². The van der Waals surface area contributed by atoms with Crippen LogP contribution in [0.3, 0.4) is 0 Å². The van der Waals surface area contributed by atoms with Crippen LogP contribution in [0.4, 0.5) is 0 Å². The van der Waals surface area contributed by atoms with Crippen molar-refractivity contribution in [3.8, 4) is 5.75 Å². The zero-order chi connectivity index (χ0) is 31.7. The molecule has 45 heavy (non-hydrogen) atoms. The largest absolute Gasteiger partial charge is 0.484 e. The highest BCUT2D eigenvalue weighted by Crippen LogP contribution is 2.34. The van der Waals surface area contributed by atoms with Crippen LogP contribution in [-0.4, -0.2) is 109 Å². The molecule has 1 aliphatic heterocycles. The molecule has 0 unspecified atom stereocenters. The van der Waals surface area contributed by atoms with Crippen LogP contribution in [0.15, 0.2) is 44.2 Å². The first-order chi connectivity index (χ1) is 22.0. The van der Waals surface area contributed by atoms with Crippen molar-refractivity contribution in [1.82, 2.24) is 5.06 Å². The van der Waals surface area contributed by atoms with Crippen molar-refractivity contribution >= 4 is 39.7 Å². The number of hydrogen-bond acceptors (Lipinski definition) is 14. The Bertz CT molecular complexity index is 1420. The lowest BCUT2D eigenvalue weighted by molar-refractivity contribution is -0.198. The van der Waals surface area contributed by atoms with E-state index in [9.17, 15) is 19.2 Å². The van der Waals surface area contributed by atoms with Gasteiger partial charge in [-0.2, -0.15) is 0 Å². The van der Waals surface area contributed by atoms with Gasteiger partial charge in [-0.15, -0.1) is 5.06 Å². The van der Waals surface area contributed by atoms with E-state index < -0.39 is 23.4 Å². The van der Waals surface area contributed by atoms with Crippen LogP contribution in [-0.2, 0) is 47.6 Å². The maximum absolute atomic E-state index is 11.7. The number of hydroxylamine groups is 2. The average molecular weight is 636 g/mol. The molecule has 0 saturated carbocycles. The molecule has 4 rings (SSSR count). The predicted octanol–water partition coefficient (Wildman–Crippen LogP) is 2.01. The van der Waals surface area contributed by atoms with E-state index in [-0.39, 0.29) is 39.1 Å². The van der Waals surface area contributed by atoms with Crippen molar-refractivity contribution in [2.24, 2.45) is 0 Å². The summed E-state index contributed by atoms with van der Waals surface area (Å²) in [5.41, 5.74) is 0.378. The molecule has 0 radical (unpaired) electrons. The minimum Gasteiger partial charge on any atom is -0.484 e. The Kier molecular flexibility index (Phi) is 14.2. The number of benzene rings is 1. The molecule has 0 aliphatic carbocycles. The van der Waals surface area contributed by atoms with Gasteiger partial charge in [-0.3, -0.25) is 9.59 Å². The third kappa shape index (κ3) is 11.2. The summed E-state index contributed by atoms with van der Waals surface area (Å²) in [6.45, 7) is 4.46. The molecule has 2 aromatic heterocycles. The number of amides is 2. The van der Waals surface area contributed by atoms with E-state index in [1.165, 1.54) is 6.07 Å². The molecule has 1 fully saturated rings. The van der Waals surface area contributed by atoms with Crippen LogP contribution in [0.25, 0.3) is 21.9 Å². The molecule has 0 bridgehead atoms. The van der Waals surface area contributed by atoms with E-state index in [0.717, 1.165) is 10.8 Å². The average Bonchev–Trinajstić information content (AvgIpc) is 3.63. The number of furan rings is 1. The Hall–Kier alpha value is -3.86. The van der Waals surface area contributed by atoms with Crippen molar-refractivity contribution in [3.05, 3.63) is 40.9 Å². The highest BCUT2D eigenvalue weighted by molar-refractivity contribution is 6.01. The molecule has 246 valence electrons. The first-order valence-electron chi connectivity index (χ1n) is 14.6. The summed E-state index contributed by atoms with van der Waals surface area (Å²) in [6, 6.07) is 6.73. The second kappa shape index (κ2) is 18.8. The van der Waals surface area contributed by atoms with Gasteiger partial charge in [0.1, 0.15) is 6.61 Å². The van der Waals surface area contributed by atoms with Gasteiger partial charge in [-0.1, -0.05) is 0 Å². The lowest BCUT2D eigenvalue weighted by atomic mass is 10.1. The Morgan fingerprint density at radius 2 is 1.16 bits per heavy atom. The van der Waals surface area contributed by atoms with Crippen LogP contribution in [0.1, 0.15) is 19.3 Å². The number of nitrogens with zero attached hydrogens (tertiary/aromatic N) is 1. The molecular formula is C30H37NO14. The van der Waals surface area contributed by atoms with Gasteiger partial charge in [0, 0.05) is 29.7 Å². The van der Waals surface area contributed by atoms with Gasteiger partial charge in [-0.25, -0.2) is 9.59 Å². The molecule has 3 aromatic rings. The normalized spacial score (nSPS) is 13.4. The van der Waals surface area contributed by atoms with Crippen LogP contribution in [0.2, 0.25) is 0 Å². The van der Waals surface area contributed by atoms with Crippen molar-refractivity contribution in [2.45, 2.75) is 19.3 Å². The second-order valence-electron chi connectivity index (χ2n) is 9.54. The summed E-state index contributed by atoms with van der Waals surface area (Å²) in [7, 11) is 0. The summed E-state index contributed by atoms with van der Waals surface area (Å²) in [5, 5.41) is 2.10. The van der Waals surface area contributed by atoms with Crippen LogP contribution < -0.4 is 10.4 Å². The molecule has 0 spiro atoms. The Morgan fingerprint density at radius 1 is 0.644 bits per heavy atom. The molecule has 15 heteroatoms. The zero-order valence-corrected chi connectivity index (χ0v) is 24.9. The fraction of sp³-hybridized carbons (Fsp3) is 0.533. The predicted molar refractivity (Wildman–Crippen MR) is 154 cm³/mol. The molecule has 15 nitrogen and oxygen atoms in total. The number of fused-ring (bicyclic) bond motifs is 2. The topological polar surface area (TPSA) is 172 Å². The molecule has 2 amide bonds. The fourth-order valence-electron chi connectivity index (χ4n) is 4.10. The Morgan fingerprint density at radius 3 is 1.73 bits per heavy atom. The van der Waals surface area contributed by atoms with Crippen molar-refractivity contribution in [2.75, 3.05) is 85.9 Å². The van der Waals surface area contributed by atoms with Crippen LogP contribution in [0.5, 0.6) is 5.75 Å². The van der Waals surface area contributed by atoms with E-state index in [1.54, 1.807) is 12.3 Å². The molecule has 3 heterocycles. The molecular weight excluding hydrogens is 598 g/mol.